The van der Waals surface area contributed by atoms with Gasteiger partial charge < -0.3 is 18.6 Å². The zero-order chi connectivity index (χ0) is 24.8. The molecule has 1 amide bonds. The molecule has 5 nitrogen and oxygen atoms in total. The van der Waals surface area contributed by atoms with Crippen LogP contribution in [0.1, 0.15) is 40.0 Å². The van der Waals surface area contributed by atoms with Crippen LogP contribution < -0.4 is 0 Å². The van der Waals surface area contributed by atoms with E-state index in [1.54, 1.807) is 20.8 Å². The number of hydrogen-bond acceptors (Lipinski definition) is 5. The van der Waals surface area contributed by atoms with Crippen LogP contribution in [0.25, 0.3) is 0 Å². The van der Waals surface area contributed by atoms with Gasteiger partial charge in [-0.2, -0.15) is 39.5 Å². The van der Waals surface area contributed by atoms with E-state index in [1.165, 1.54) is 4.90 Å². The summed E-state index contributed by atoms with van der Waals surface area (Å²) < 4.78 is 131. The fourth-order valence-corrected chi connectivity index (χ4v) is 3.42. The number of nitrogens with zero attached hydrogens (tertiary/aromatic N) is 1. The van der Waals surface area contributed by atoms with Crippen LogP contribution in [-0.2, 0) is 13.7 Å². The Hall–Kier alpha value is -1.67. The van der Waals surface area contributed by atoms with Gasteiger partial charge in [-0.05, 0) is 20.8 Å². The van der Waals surface area contributed by atoms with Crippen molar-refractivity contribution in [1.29, 1.82) is 0 Å². The number of alkyl halides is 9. The van der Waals surface area contributed by atoms with Crippen LogP contribution in [0.4, 0.5) is 44.3 Å². The minimum absolute atomic E-state index is 0.148. The van der Waals surface area contributed by atoms with Crippen molar-refractivity contribution >= 4 is 18.1 Å². The van der Waals surface area contributed by atoms with E-state index < -0.39 is 58.4 Å². The molecule has 1 spiro atoms. The molecule has 2 aliphatic heterocycles. The molecule has 186 valence electrons. The maximum atomic E-state index is 13.6. The fraction of sp³-hybridized carbons (Fsp3) is 0.824. The topological polar surface area (TPSA) is 48.0 Å². The lowest BCUT2D eigenvalue weighted by atomic mass is 9.89. The molecule has 0 aliphatic carbocycles. The summed E-state index contributed by atoms with van der Waals surface area (Å²) in [4.78, 5) is 13.4. The molecule has 2 heterocycles. The minimum Gasteiger partial charge on any atom is -0.491 e. The van der Waals surface area contributed by atoms with Gasteiger partial charge in [0.15, 0.2) is 5.76 Å². The third kappa shape index (κ3) is 5.28. The molecule has 0 aromatic heterocycles. The number of carbonyl (C=O) groups is 1. The van der Waals surface area contributed by atoms with Gasteiger partial charge in [-0.15, -0.1) is 0 Å². The zero-order valence-corrected chi connectivity index (χ0v) is 17.8. The predicted octanol–water partition coefficient (Wildman–Crippen LogP) is 6.11. The molecular weight excluding hydrogens is 485 g/mol. The average molecular weight is 505 g/mol. The normalized spacial score (nSPS) is 20.1. The number of ether oxygens (including phenoxy) is 2. The summed E-state index contributed by atoms with van der Waals surface area (Å²) in [5.74, 6) is -14.2. The first-order valence-electron chi connectivity index (χ1n) is 9.14. The summed E-state index contributed by atoms with van der Waals surface area (Å²) in [6.07, 6.45) is -6.57. The molecule has 2 aliphatic rings. The maximum absolute atomic E-state index is 13.6. The smallest absolute Gasteiger partial charge is 0.460 e. The molecule has 15 heteroatoms. The second-order valence-corrected chi connectivity index (χ2v) is 9.21. The summed E-state index contributed by atoms with van der Waals surface area (Å²) >= 11 is -1.51. The van der Waals surface area contributed by atoms with E-state index in [1.807, 2.05) is 0 Å². The molecular formula is C17H20F9NO4S. The van der Waals surface area contributed by atoms with Crippen molar-refractivity contribution in [2.24, 2.45) is 0 Å². The monoisotopic (exact) mass is 505 g/mol. The number of likely N-dealkylation sites (tertiary alicyclic amines) is 1. The molecule has 0 aromatic carbocycles. The molecule has 0 N–H and O–H groups in total. The van der Waals surface area contributed by atoms with Crippen molar-refractivity contribution in [1.82, 2.24) is 4.90 Å². The largest absolute Gasteiger partial charge is 0.491 e. The van der Waals surface area contributed by atoms with Gasteiger partial charge in [0.1, 0.15) is 29.5 Å². The Balaban J connectivity index is 1.93. The van der Waals surface area contributed by atoms with Gasteiger partial charge in [-0.25, -0.2) is 4.79 Å². The summed E-state index contributed by atoms with van der Waals surface area (Å²) in [5, 5.41) is -5.91. The predicted molar refractivity (Wildman–Crippen MR) is 93.1 cm³/mol. The van der Waals surface area contributed by atoms with E-state index in [-0.39, 0.29) is 32.4 Å². The molecule has 0 radical (unpaired) electrons. The van der Waals surface area contributed by atoms with E-state index in [0.717, 1.165) is 6.26 Å². The van der Waals surface area contributed by atoms with Gasteiger partial charge in [0, 0.05) is 32.4 Å². The van der Waals surface area contributed by atoms with E-state index >= 15 is 0 Å². The van der Waals surface area contributed by atoms with Crippen molar-refractivity contribution in [3.63, 3.8) is 0 Å². The van der Waals surface area contributed by atoms with Gasteiger partial charge >= 0.3 is 29.4 Å². The van der Waals surface area contributed by atoms with E-state index in [0.29, 0.717) is 0 Å². The second-order valence-electron chi connectivity index (χ2n) is 8.36. The van der Waals surface area contributed by atoms with Crippen molar-refractivity contribution in [2.45, 2.75) is 74.5 Å². The summed E-state index contributed by atoms with van der Waals surface area (Å²) in [6, 6.07) is 0. The van der Waals surface area contributed by atoms with Gasteiger partial charge in [-0.3, -0.25) is 0 Å². The molecule has 32 heavy (non-hydrogen) atoms. The van der Waals surface area contributed by atoms with E-state index in [9.17, 15) is 44.3 Å². The lowest BCUT2D eigenvalue weighted by Crippen LogP contribution is -2.59. The summed E-state index contributed by atoms with van der Waals surface area (Å²) in [6.45, 7) is 5.31. The highest BCUT2D eigenvalue weighted by Gasteiger charge is 2.82. The molecule has 1 fully saturated rings. The Morgan fingerprint density at radius 1 is 1.00 bits per heavy atom. The highest BCUT2D eigenvalue weighted by Crippen LogP contribution is 2.57. The Labute approximate surface area is 181 Å². The van der Waals surface area contributed by atoms with Crippen molar-refractivity contribution in [3.8, 4) is 0 Å². The van der Waals surface area contributed by atoms with E-state index in [4.69, 9.17) is 9.47 Å². The molecule has 2 rings (SSSR count). The van der Waals surface area contributed by atoms with E-state index in [2.05, 4.69) is 4.18 Å². The highest BCUT2D eigenvalue weighted by molar-refractivity contribution is 7.95. The lowest BCUT2D eigenvalue weighted by molar-refractivity contribution is -0.381. The molecule has 0 saturated carbocycles. The van der Waals surface area contributed by atoms with Gasteiger partial charge in [0.05, 0.1) is 0 Å². The second kappa shape index (κ2) is 8.28. The fourth-order valence-electron chi connectivity index (χ4n) is 2.88. The molecule has 0 atom stereocenters. The third-order valence-electron chi connectivity index (χ3n) is 4.63. The van der Waals surface area contributed by atoms with Crippen LogP contribution in [0.3, 0.4) is 0 Å². The van der Waals surface area contributed by atoms with Crippen LogP contribution in [0.2, 0.25) is 0 Å². The summed E-state index contributed by atoms with van der Waals surface area (Å²) in [7, 11) is 0. The Bertz CT molecular complexity index is 741. The van der Waals surface area contributed by atoms with Gasteiger partial charge in [0.25, 0.3) is 0 Å². The number of rotatable bonds is 5. The minimum atomic E-state index is -6.99. The average Bonchev–Trinajstić information content (AvgIpc) is 3.00. The van der Waals surface area contributed by atoms with Crippen molar-refractivity contribution in [3.05, 3.63) is 12.0 Å². The number of amides is 1. The number of hydrogen-bond donors (Lipinski definition) is 0. The highest BCUT2D eigenvalue weighted by atomic mass is 32.2. The first kappa shape index (κ1) is 26.6. The van der Waals surface area contributed by atoms with Crippen LogP contribution in [0, 0.1) is 0 Å². The van der Waals surface area contributed by atoms with Crippen molar-refractivity contribution < 1.29 is 58.0 Å². The number of carbonyl (C=O) groups excluding carboxylic acids is 1. The zero-order valence-electron chi connectivity index (χ0n) is 17.0. The van der Waals surface area contributed by atoms with Crippen LogP contribution >= 0.6 is 12.0 Å². The van der Waals surface area contributed by atoms with Crippen LogP contribution in [-0.4, -0.2) is 58.6 Å². The molecule has 0 unspecified atom stereocenters. The van der Waals surface area contributed by atoms with Crippen molar-refractivity contribution in [2.75, 3.05) is 13.1 Å². The molecule has 0 bridgehead atoms. The SMILES string of the molecule is CC(C)(C)OC(=O)N1CCC2(CC1)CC(OSC(F)(F)C(F)(F)C(F)(F)C(F)(F)F)=CO2. The quantitative estimate of drug-likeness (QED) is 0.334. The molecule has 0 aromatic rings. The first-order chi connectivity index (χ1) is 14.2. The Kier molecular flexibility index (Phi) is 6.88. The van der Waals surface area contributed by atoms with Crippen LogP contribution in [0.15, 0.2) is 12.0 Å². The number of halogens is 9. The molecule has 1 saturated heterocycles. The standard InChI is InChI=1S/C17H20F9NO4S/c1-12(2,3)30-11(28)27-6-4-13(5-7-27)8-10(9-29-13)31-32-17(25,26)15(20,21)14(18,19)16(22,23)24/h9H,4-8H2,1-3H3. The summed E-state index contributed by atoms with van der Waals surface area (Å²) in [5.41, 5.74) is -1.76. The van der Waals surface area contributed by atoms with Crippen LogP contribution in [0.5, 0.6) is 0 Å². The van der Waals surface area contributed by atoms with Gasteiger partial charge in [-0.1, -0.05) is 0 Å². The third-order valence-corrected chi connectivity index (χ3v) is 5.40. The van der Waals surface area contributed by atoms with Gasteiger partial charge in [0.2, 0.25) is 0 Å². The lowest BCUT2D eigenvalue weighted by Gasteiger charge is -2.38. The Morgan fingerprint density at radius 2 is 1.53 bits per heavy atom. The Morgan fingerprint density at radius 3 is 2.00 bits per heavy atom. The number of piperidine rings is 1. The maximum Gasteiger partial charge on any atom is 0.460 e. The first-order valence-corrected chi connectivity index (χ1v) is 9.88.